The van der Waals surface area contributed by atoms with Crippen LogP contribution in [0.5, 0.6) is 11.5 Å². The number of rotatable bonds is 16. The third-order valence-corrected chi connectivity index (χ3v) is 17.9. The Hall–Kier alpha value is -5.01. The van der Waals surface area contributed by atoms with Crippen LogP contribution in [0.4, 0.5) is 9.18 Å². The van der Waals surface area contributed by atoms with Crippen LogP contribution in [0, 0.1) is 5.82 Å². The van der Waals surface area contributed by atoms with E-state index in [-0.39, 0.29) is 34.9 Å². The predicted molar refractivity (Wildman–Crippen MR) is 230 cm³/mol. The molecule has 3 N–H and O–H groups in total. The molecule has 0 bridgehead atoms. The maximum absolute atomic E-state index is 13.4. The number of aliphatic hydroxyl groups is 1. The molecule has 0 spiro atoms. The molecule has 0 aromatic heterocycles. The van der Waals surface area contributed by atoms with Crippen molar-refractivity contribution in [3.63, 3.8) is 0 Å². The molecule has 1 saturated heterocycles. The molecule has 1 aliphatic heterocycles. The summed E-state index contributed by atoms with van der Waals surface area (Å²) in [6.07, 6.45) is 0.638. The van der Waals surface area contributed by atoms with E-state index >= 15 is 0 Å². The number of hydrogen-bond donors (Lipinski definition) is 3. The lowest BCUT2D eigenvalue weighted by atomic mass is 10.1. The minimum absolute atomic E-state index is 0.119. The van der Waals surface area contributed by atoms with Crippen molar-refractivity contribution in [1.82, 2.24) is 15.5 Å². The molecule has 0 saturated carbocycles. The molecule has 1 atom stereocenters. The molecule has 2 amide bonds. The highest BCUT2D eigenvalue weighted by Gasteiger charge is 2.52. The second-order valence-corrected chi connectivity index (χ2v) is 22.3. The minimum atomic E-state index is -3.55. The monoisotopic (exact) mass is 823 g/mol. The third-order valence-electron chi connectivity index (χ3n) is 10.7. The summed E-state index contributed by atoms with van der Waals surface area (Å²) in [6.45, 7) is 8.73. The summed E-state index contributed by atoms with van der Waals surface area (Å²) in [5.41, 5.74) is 1.76. The minimum Gasteiger partial charge on any atom is -0.534 e. The molecule has 1 fully saturated rings. The number of piperidine rings is 1. The van der Waals surface area contributed by atoms with Gasteiger partial charge in [0.2, 0.25) is 0 Å². The Kier molecular flexibility index (Phi) is 14.1. The van der Waals surface area contributed by atoms with Gasteiger partial charge in [-0.1, -0.05) is 106 Å². The Balaban J connectivity index is 0.924. The number of hydrogen-bond acceptors (Lipinski definition) is 7. The second-order valence-electron chi connectivity index (χ2n) is 15.8. The van der Waals surface area contributed by atoms with E-state index in [1.54, 1.807) is 29.2 Å². The number of likely N-dealkylation sites (tertiary alicyclic amines) is 1. The van der Waals surface area contributed by atoms with Crippen LogP contribution < -0.4 is 30.2 Å². The van der Waals surface area contributed by atoms with Crippen molar-refractivity contribution in [2.45, 2.75) is 67.9 Å². The first-order chi connectivity index (χ1) is 27.8. The van der Waals surface area contributed by atoms with Crippen LogP contribution in [0.15, 0.2) is 138 Å². The number of aliphatic hydroxyl groups excluding tert-OH is 1. The number of ether oxygens (including phenoxy) is 1. The van der Waals surface area contributed by atoms with Crippen LogP contribution in [-0.4, -0.2) is 76.9 Å². The zero-order chi connectivity index (χ0) is 41.2. The Labute approximate surface area is 343 Å². The quantitative estimate of drug-likeness (QED) is 0.0771. The van der Waals surface area contributed by atoms with Crippen LogP contribution in [0.3, 0.4) is 0 Å². The average Bonchev–Trinajstić information content (AvgIpc) is 3.24. The lowest BCUT2D eigenvalue weighted by Gasteiger charge is -2.43. The molecule has 5 aromatic carbocycles. The van der Waals surface area contributed by atoms with Gasteiger partial charge in [-0.2, -0.15) is 0 Å². The standard InChI is InChI=1S/C46H54FN3O6SSi/c1-46(2,3)58(43-10-6-4-7-11-43,44-12-8-5-9-13-44)56-40-22-20-39(21-23-40)55-34-38(51)33-48-29-26-35-16-24-41(25-17-35)57(53,54)42-27-30-50(31-28-42)45(52)49-32-36-14-18-37(47)19-15-36/h4-25,38,42,48,51H,26-34H2,1-3H3,(H,49,52)/t38-/m0/s1. The number of nitrogens with one attached hydrogen (secondary N) is 2. The number of carbonyl (C=O) groups excluding carboxylic acids is 1. The smallest absolute Gasteiger partial charge is 0.319 e. The van der Waals surface area contributed by atoms with Crippen molar-refractivity contribution < 1.29 is 31.9 Å². The van der Waals surface area contributed by atoms with Gasteiger partial charge >= 0.3 is 14.3 Å². The molecule has 0 unspecified atom stereocenters. The van der Waals surface area contributed by atoms with Gasteiger partial charge in [-0.3, -0.25) is 0 Å². The van der Waals surface area contributed by atoms with E-state index in [4.69, 9.17) is 9.16 Å². The number of urea groups is 1. The fourth-order valence-electron chi connectivity index (χ4n) is 7.48. The van der Waals surface area contributed by atoms with Gasteiger partial charge in [0.15, 0.2) is 9.84 Å². The van der Waals surface area contributed by atoms with Crippen LogP contribution in [0.25, 0.3) is 0 Å². The average molecular weight is 824 g/mol. The van der Waals surface area contributed by atoms with E-state index in [2.05, 4.69) is 79.9 Å². The van der Waals surface area contributed by atoms with Crippen LogP contribution in [0.2, 0.25) is 5.04 Å². The number of carbonyl (C=O) groups is 1. The van der Waals surface area contributed by atoms with Gasteiger partial charge in [0.1, 0.15) is 30.0 Å². The first-order valence-electron chi connectivity index (χ1n) is 19.9. The van der Waals surface area contributed by atoms with Crippen LogP contribution >= 0.6 is 0 Å². The topological polar surface area (TPSA) is 117 Å². The van der Waals surface area contributed by atoms with Crippen molar-refractivity contribution >= 4 is 34.6 Å². The summed E-state index contributed by atoms with van der Waals surface area (Å²) in [6, 6.07) is 41.2. The highest BCUT2D eigenvalue weighted by Crippen LogP contribution is 2.38. The largest absolute Gasteiger partial charge is 0.534 e. The molecule has 5 aromatic rings. The molecule has 1 heterocycles. The molecule has 58 heavy (non-hydrogen) atoms. The zero-order valence-electron chi connectivity index (χ0n) is 33.4. The van der Waals surface area contributed by atoms with Gasteiger partial charge in [-0.05, 0) is 101 Å². The van der Waals surface area contributed by atoms with E-state index < -0.39 is 29.5 Å². The highest BCUT2D eigenvalue weighted by molar-refractivity contribution is 7.92. The van der Waals surface area contributed by atoms with E-state index in [0.29, 0.717) is 51.2 Å². The van der Waals surface area contributed by atoms with Crippen molar-refractivity contribution in [2.75, 3.05) is 32.8 Å². The Morgan fingerprint density at radius 3 is 1.93 bits per heavy atom. The Morgan fingerprint density at radius 1 is 0.810 bits per heavy atom. The molecular weight excluding hydrogens is 770 g/mol. The Bertz CT molecular complexity index is 2120. The fourth-order valence-corrected chi connectivity index (χ4v) is 13.6. The highest BCUT2D eigenvalue weighted by atomic mass is 32.2. The van der Waals surface area contributed by atoms with Gasteiger partial charge in [-0.25, -0.2) is 17.6 Å². The number of halogens is 1. The van der Waals surface area contributed by atoms with Gasteiger partial charge in [-0.15, -0.1) is 0 Å². The summed E-state index contributed by atoms with van der Waals surface area (Å²) in [5.74, 6) is 1.06. The summed E-state index contributed by atoms with van der Waals surface area (Å²) >= 11 is 0. The molecule has 1 aliphatic rings. The lowest BCUT2D eigenvalue weighted by molar-refractivity contribution is 0.106. The van der Waals surface area contributed by atoms with E-state index in [1.165, 1.54) is 22.5 Å². The number of benzene rings is 5. The fraction of sp³-hybridized carbons (Fsp3) is 0.326. The molecule has 6 rings (SSSR count). The van der Waals surface area contributed by atoms with Crippen molar-refractivity contribution in [1.29, 1.82) is 0 Å². The maximum Gasteiger partial charge on any atom is 0.319 e. The number of sulfone groups is 1. The molecule has 306 valence electrons. The summed E-state index contributed by atoms with van der Waals surface area (Å²) < 4.78 is 53.0. The summed E-state index contributed by atoms with van der Waals surface area (Å²) in [5, 5.41) is 18.4. The number of amides is 2. The second kappa shape index (κ2) is 19.2. The van der Waals surface area contributed by atoms with Crippen molar-refractivity contribution in [3.05, 3.63) is 150 Å². The first kappa shape index (κ1) is 42.6. The first-order valence-corrected chi connectivity index (χ1v) is 23.3. The van der Waals surface area contributed by atoms with E-state index in [1.807, 2.05) is 48.5 Å². The molecule has 0 aliphatic carbocycles. The lowest BCUT2D eigenvalue weighted by Crippen LogP contribution is -2.68. The van der Waals surface area contributed by atoms with Crippen molar-refractivity contribution in [3.8, 4) is 11.5 Å². The molecular formula is C46H54FN3O6SSi. The van der Waals surface area contributed by atoms with Crippen molar-refractivity contribution in [2.24, 2.45) is 0 Å². The van der Waals surface area contributed by atoms with Gasteiger partial charge < -0.3 is 29.8 Å². The molecule has 12 heteroatoms. The molecule has 0 radical (unpaired) electrons. The summed E-state index contributed by atoms with van der Waals surface area (Å²) in [4.78, 5) is 14.5. The molecule has 9 nitrogen and oxygen atoms in total. The normalized spacial score (nSPS) is 14.5. The van der Waals surface area contributed by atoms with E-state index in [0.717, 1.165) is 16.9 Å². The zero-order valence-corrected chi connectivity index (χ0v) is 35.3. The maximum atomic E-state index is 13.4. The Morgan fingerprint density at radius 2 is 1.36 bits per heavy atom. The number of nitrogens with zero attached hydrogens (tertiary/aromatic N) is 1. The van der Waals surface area contributed by atoms with Crippen LogP contribution in [0.1, 0.15) is 44.7 Å². The summed E-state index contributed by atoms with van der Waals surface area (Å²) in [7, 11) is -6.31. The SMILES string of the molecule is CC(C)(C)[Si](Oc1ccc(OC[C@@H](O)CNCCc2ccc(S(=O)(=O)C3CCN(C(=O)NCc4ccc(F)cc4)CC3)cc2)cc1)(c1ccccc1)c1ccccc1. The third kappa shape index (κ3) is 10.5. The van der Waals surface area contributed by atoms with Gasteiger partial charge in [0.25, 0.3) is 0 Å². The van der Waals surface area contributed by atoms with Gasteiger partial charge in [0.05, 0.1) is 10.1 Å². The predicted octanol–water partition coefficient (Wildman–Crippen LogP) is 6.48. The van der Waals surface area contributed by atoms with Crippen LogP contribution in [-0.2, 0) is 22.8 Å². The van der Waals surface area contributed by atoms with Gasteiger partial charge in [0, 0.05) is 26.2 Å². The van der Waals surface area contributed by atoms with E-state index in [9.17, 15) is 22.7 Å².